The zero-order chi connectivity index (χ0) is 12.0. The Morgan fingerprint density at radius 3 is 2.81 bits per heavy atom. The fourth-order valence-electron chi connectivity index (χ4n) is 2.06. The van der Waals surface area contributed by atoms with Crippen LogP contribution in [-0.4, -0.2) is 55.3 Å². The first-order valence-corrected chi connectivity index (χ1v) is 5.90. The van der Waals surface area contributed by atoms with Crippen molar-refractivity contribution in [3.8, 4) is 0 Å². The van der Waals surface area contributed by atoms with Crippen LogP contribution in [0.2, 0.25) is 0 Å². The number of hydrogen-bond acceptors (Lipinski definition) is 3. The Kier molecular flexibility index (Phi) is 5.43. The molecule has 0 saturated carbocycles. The van der Waals surface area contributed by atoms with Crippen LogP contribution in [0.15, 0.2) is 29.4 Å². The van der Waals surface area contributed by atoms with Gasteiger partial charge in [0.05, 0.1) is 5.70 Å². The normalized spacial score (nSPS) is 25.2. The number of nitrogens with zero attached hydrogens (tertiary/aromatic N) is 3. The molecule has 0 spiro atoms. The fraction of sp³-hybridized carbons (Fsp3) is 0.615. The third kappa shape index (κ3) is 3.91. The molecule has 1 fully saturated rings. The second-order valence-electron chi connectivity index (χ2n) is 4.36. The molecule has 1 aliphatic heterocycles. The van der Waals surface area contributed by atoms with Crippen molar-refractivity contribution in [3.63, 3.8) is 0 Å². The number of allylic oxidation sites excluding steroid dienone is 2. The summed E-state index contributed by atoms with van der Waals surface area (Å²) < 4.78 is 0. The van der Waals surface area contributed by atoms with Crippen molar-refractivity contribution in [3.05, 3.63) is 24.4 Å². The zero-order valence-corrected chi connectivity index (χ0v) is 10.7. The smallest absolute Gasteiger partial charge is 0.0539 e. The van der Waals surface area contributed by atoms with Gasteiger partial charge in [-0.15, -0.1) is 0 Å². The van der Waals surface area contributed by atoms with Gasteiger partial charge in [0.1, 0.15) is 0 Å². The molecule has 3 heteroatoms. The molecule has 0 aliphatic carbocycles. The molecule has 1 unspecified atom stereocenters. The lowest BCUT2D eigenvalue weighted by molar-refractivity contribution is 0.109. The third-order valence-corrected chi connectivity index (χ3v) is 2.94. The van der Waals surface area contributed by atoms with Gasteiger partial charge in [0.25, 0.3) is 0 Å². The summed E-state index contributed by atoms with van der Waals surface area (Å²) in [6, 6.07) is 0.596. The van der Waals surface area contributed by atoms with E-state index in [-0.39, 0.29) is 0 Å². The Hall–Kier alpha value is -0.930. The molecule has 0 aromatic heterocycles. The molecule has 1 rings (SSSR count). The van der Waals surface area contributed by atoms with E-state index in [1.165, 1.54) is 0 Å². The molecule has 3 nitrogen and oxygen atoms in total. The van der Waals surface area contributed by atoms with Gasteiger partial charge in [0.2, 0.25) is 0 Å². The van der Waals surface area contributed by atoms with E-state index in [1.807, 2.05) is 25.3 Å². The van der Waals surface area contributed by atoms with Crippen LogP contribution in [0, 0.1) is 0 Å². The molecule has 16 heavy (non-hydrogen) atoms. The van der Waals surface area contributed by atoms with Crippen LogP contribution in [0.4, 0.5) is 0 Å². The van der Waals surface area contributed by atoms with Crippen molar-refractivity contribution in [2.45, 2.75) is 19.9 Å². The first-order valence-electron chi connectivity index (χ1n) is 5.90. The van der Waals surface area contributed by atoms with E-state index < -0.39 is 0 Å². The highest BCUT2D eigenvalue weighted by Crippen LogP contribution is 2.11. The number of likely N-dealkylation sites (N-methyl/N-ethyl adjacent to an activating group) is 1. The molecule has 1 saturated heterocycles. The molecule has 1 atom stereocenters. The van der Waals surface area contributed by atoms with Crippen molar-refractivity contribution in [2.75, 3.05) is 33.2 Å². The summed E-state index contributed by atoms with van der Waals surface area (Å²) in [6.45, 7) is 12.3. The number of hydrogen-bond donors (Lipinski definition) is 0. The summed E-state index contributed by atoms with van der Waals surface area (Å²) in [5.74, 6) is 0. The predicted octanol–water partition coefficient (Wildman–Crippen LogP) is 1.78. The molecule has 0 aromatic carbocycles. The van der Waals surface area contributed by atoms with E-state index in [0.717, 1.165) is 31.9 Å². The Morgan fingerprint density at radius 1 is 1.50 bits per heavy atom. The largest absolute Gasteiger partial charge is 0.304 e. The molecular weight excluding hydrogens is 198 g/mol. The van der Waals surface area contributed by atoms with Crippen molar-refractivity contribution in [1.82, 2.24) is 9.80 Å². The van der Waals surface area contributed by atoms with E-state index in [0.29, 0.717) is 6.04 Å². The second-order valence-corrected chi connectivity index (χ2v) is 4.36. The SMILES string of the molecule is C=C/C=C(/CN1CCN(C)CC1C)N=CC. The molecule has 0 N–H and O–H groups in total. The first-order chi connectivity index (χ1) is 7.67. The quantitative estimate of drug-likeness (QED) is 0.532. The van der Waals surface area contributed by atoms with Gasteiger partial charge >= 0.3 is 0 Å². The summed E-state index contributed by atoms with van der Waals surface area (Å²) in [4.78, 5) is 9.22. The van der Waals surface area contributed by atoms with E-state index in [2.05, 4.69) is 35.3 Å². The summed E-state index contributed by atoms with van der Waals surface area (Å²) >= 11 is 0. The van der Waals surface area contributed by atoms with E-state index in [4.69, 9.17) is 0 Å². The van der Waals surface area contributed by atoms with Crippen molar-refractivity contribution in [2.24, 2.45) is 4.99 Å². The minimum absolute atomic E-state index is 0.596. The van der Waals surface area contributed by atoms with Crippen LogP contribution in [0.25, 0.3) is 0 Å². The van der Waals surface area contributed by atoms with Crippen molar-refractivity contribution >= 4 is 6.21 Å². The summed E-state index contributed by atoms with van der Waals surface area (Å²) in [5.41, 5.74) is 1.09. The summed E-state index contributed by atoms with van der Waals surface area (Å²) in [5, 5.41) is 0. The highest BCUT2D eigenvalue weighted by atomic mass is 15.3. The molecule has 0 bridgehead atoms. The van der Waals surface area contributed by atoms with E-state index in [1.54, 1.807) is 0 Å². The van der Waals surface area contributed by atoms with Gasteiger partial charge in [-0.05, 0) is 27.0 Å². The number of aliphatic imine (C=N–C) groups is 1. The average Bonchev–Trinajstić information content (AvgIpc) is 2.23. The minimum Gasteiger partial charge on any atom is -0.304 e. The van der Waals surface area contributed by atoms with Crippen LogP contribution in [0.3, 0.4) is 0 Å². The van der Waals surface area contributed by atoms with Gasteiger partial charge in [-0.2, -0.15) is 0 Å². The van der Waals surface area contributed by atoms with Crippen LogP contribution in [0.5, 0.6) is 0 Å². The maximum absolute atomic E-state index is 4.37. The number of piperazine rings is 1. The fourth-order valence-corrected chi connectivity index (χ4v) is 2.06. The third-order valence-electron chi connectivity index (χ3n) is 2.94. The van der Waals surface area contributed by atoms with Gasteiger partial charge in [0.15, 0.2) is 0 Å². The van der Waals surface area contributed by atoms with E-state index >= 15 is 0 Å². The van der Waals surface area contributed by atoms with Gasteiger partial charge in [-0.1, -0.05) is 12.7 Å². The first kappa shape index (κ1) is 13.1. The highest BCUT2D eigenvalue weighted by Gasteiger charge is 2.21. The molecule has 0 radical (unpaired) electrons. The lowest BCUT2D eigenvalue weighted by Crippen LogP contribution is -2.50. The topological polar surface area (TPSA) is 18.8 Å². The second kappa shape index (κ2) is 6.61. The molecule has 90 valence electrons. The zero-order valence-electron chi connectivity index (χ0n) is 10.7. The minimum atomic E-state index is 0.596. The Labute approximate surface area is 99.1 Å². The molecule has 1 aliphatic rings. The van der Waals surface area contributed by atoms with Gasteiger partial charge in [-0.25, -0.2) is 0 Å². The number of rotatable bonds is 4. The van der Waals surface area contributed by atoms with Crippen LogP contribution in [0.1, 0.15) is 13.8 Å². The van der Waals surface area contributed by atoms with Gasteiger partial charge in [-0.3, -0.25) is 9.89 Å². The monoisotopic (exact) mass is 221 g/mol. The van der Waals surface area contributed by atoms with Crippen molar-refractivity contribution < 1.29 is 0 Å². The maximum Gasteiger partial charge on any atom is 0.0539 e. The van der Waals surface area contributed by atoms with Crippen LogP contribution in [-0.2, 0) is 0 Å². The summed E-state index contributed by atoms with van der Waals surface area (Å²) in [6.07, 6.45) is 5.64. The lowest BCUT2D eigenvalue weighted by atomic mass is 10.2. The lowest BCUT2D eigenvalue weighted by Gasteiger charge is -2.38. The van der Waals surface area contributed by atoms with Gasteiger partial charge < -0.3 is 4.90 Å². The highest BCUT2D eigenvalue weighted by molar-refractivity contribution is 5.55. The van der Waals surface area contributed by atoms with E-state index in [9.17, 15) is 0 Å². The Morgan fingerprint density at radius 2 is 2.25 bits per heavy atom. The Bertz CT molecular complexity index is 281. The van der Waals surface area contributed by atoms with Crippen LogP contribution >= 0.6 is 0 Å². The standard InChI is InChI=1S/C13H23N3/c1-5-7-13(14-6-2)11-16-9-8-15(4)10-12(16)3/h5-7,12H,1,8-11H2,2-4H3/b13-7-,14-6?. The van der Waals surface area contributed by atoms with Crippen LogP contribution < -0.4 is 0 Å². The molecule has 0 amide bonds. The van der Waals surface area contributed by atoms with Gasteiger partial charge in [0, 0.05) is 38.4 Å². The predicted molar refractivity (Wildman–Crippen MR) is 71.0 cm³/mol. The molecular formula is C13H23N3. The molecule has 1 heterocycles. The van der Waals surface area contributed by atoms with Crippen molar-refractivity contribution in [1.29, 1.82) is 0 Å². The average molecular weight is 221 g/mol. The maximum atomic E-state index is 4.37. The summed E-state index contributed by atoms with van der Waals surface area (Å²) in [7, 11) is 2.18. The Balaban J connectivity index is 2.57. The molecule has 0 aromatic rings.